The van der Waals surface area contributed by atoms with Crippen LogP contribution in [0, 0.1) is 5.92 Å². The topological polar surface area (TPSA) is 74.7 Å². The molecule has 19 heavy (non-hydrogen) atoms. The molecule has 0 saturated heterocycles. The van der Waals surface area contributed by atoms with E-state index in [0.29, 0.717) is 18.7 Å². The largest absolute Gasteiger partial charge is 0.478 e. The van der Waals surface area contributed by atoms with Crippen molar-refractivity contribution >= 4 is 21.7 Å². The van der Waals surface area contributed by atoms with Crippen LogP contribution in [0.4, 0.5) is 5.69 Å². The molecule has 1 heterocycles. The number of aromatic carboxylic acids is 1. The third-order valence-corrected chi connectivity index (χ3v) is 5.20. The van der Waals surface area contributed by atoms with Crippen LogP contribution in [0.15, 0.2) is 18.2 Å². The lowest BCUT2D eigenvalue weighted by Gasteiger charge is -2.21. The maximum Gasteiger partial charge on any atom is 0.335 e. The van der Waals surface area contributed by atoms with Gasteiger partial charge in [-0.25, -0.2) is 13.2 Å². The van der Waals surface area contributed by atoms with Gasteiger partial charge in [0.15, 0.2) is 0 Å². The number of nitrogens with zero attached hydrogens (tertiary/aromatic N) is 1. The van der Waals surface area contributed by atoms with E-state index in [1.54, 1.807) is 6.07 Å². The summed E-state index contributed by atoms with van der Waals surface area (Å²) in [4.78, 5) is 11.0. The van der Waals surface area contributed by atoms with Crippen molar-refractivity contribution in [3.63, 3.8) is 0 Å². The summed E-state index contributed by atoms with van der Waals surface area (Å²) in [6, 6.07) is 4.66. The summed E-state index contributed by atoms with van der Waals surface area (Å²) >= 11 is 0. The van der Waals surface area contributed by atoms with E-state index < -0.39 is 16.0 Å². The first-order valence-corrected chi connectivity index (χ1v) is 7.79. The molecule has 0 bridgehead atoms. The van der Waals surface area contributed by atoms with E-state index in [2.05, 4.69) is 0 Å². The molecule has 1 aliphatic rings. The minimum atomic E-state index is -3.37. The second kappa shape index (κ2) is 4.85. The van der Waals surface area contributed by atoms with E-state index >= 15 is 0 Å². The van der Waals surface area contributed by atoms with Gasteiger partial charge >= 0.3 is 5.97 Å². The van der Waals surface area contributed by atoms with Crippen molar-refractivity contribution < 1.29 is 18.3 Å². The predicted molar refractivity (Wildman–Crippen MR) is 73.1 cm³/mol. The number of rotatable bonds is 4. The monoisotopic (exact) mass is 283 g/mol. The number of anilines is 1. The first-order chi connectivity index (χ1) is 8.81. The van der Waals surface area contributed by atoms with Gasteiger partial charge in [-0.1, -0.05) is 19.9 Å². The van der Waals surface area contributed by atoms with Crippen LogP contribution in [0.3, 0.4) is 0 Å². The zero-order valence-electron chi connectivity index (χ0n) is 11.0. The molecule has 1 aromatic rings. The first-order valence-electron chi connectivity index (χ1n) is 6.18. The Hall–Kier alpha value is -1.56. The van der Waals surface area contributed by atoms with Gasteiger partial charge in [0.1, 0.15) is 0 Å². The number of carboxylic acid groups (broad SMARTS) is 1. The molecular formula is C13H17NO4S. The molecule has 6 heteroatoms. The fourth-order valence-corrected chi connectivity index (χ4v) is 4.14. The zero-order valence-corrected chi connectivity index (χ0v) is 11.8. The molecule has 0 unspecified atom stereocenters. The van der Waals surface area contributed by atoms with Gasteiger partial charge < -0.3 is 5.11 Å². The van der Waals surface area contributed by atoms with Crippen LogP contribution < -0.4 is 4.31 Å². The van der Waals surface area contributed by atoms with E-state index in [-0.39, 0.29) is 17.2 Å². The molecule has 0 amide bonds. The summed E-state index contributed by atoms with van der Waals surface area (Å²) in [5.74, 6) is -0.934. The predicted octanol–water partition coefficient (Wildman–Crippen LogP) is 1.73. The van der Waals surface area contributed by atoms with E-state index in [0.717, 1.165) is 5.56 Å². The van der Waals surface area contributed by atoms with Gasteiger partial charge in [0.05, 0.1) is 17.0 Å². The van der Waals surface area contributed by atoms with Crippen molar-refractivity contribution in [2.45, 2.75) is 20.3 Å². The summed E-state index contributed by atoms with van der Waals surface area (Å²) < 4.78 is 25.9. The highest BCUT2D eigenvalue weighted by Crippen LogP contribution is 2.32. The lowest BCUT2D eigenvalue weighted by atomic mass is 10.1. The fourth-order valence-electron chi connectivity index (χ4n) is 2.28. The molecule has 1 aromatic carbocycles. The van der Waals surface area contributed by atoms with Gasteiger partial charge in [-0.15, -0.1) is 0 Å². The minimum absolute atomic E-state index is 0.0386. The number of sulfonamides is 1. The summed E-state index contributed by atoms with van der Waals surface area (Å²) in [5, 5.41) is 8.98. The Morgan fingerprint density at radius 2 is 2.11 bits per heavy atom. The number of hydrogen-bond acceptors (Lipinski definition) is 3. The third kappa shape index (κ3) is 2.73. The molecule has 0 radical (unpaired) electrons. The maximum absolute atomic E-state index is 12.3. The van der Waals surface area contributed by atoms with Crippen LogP contribution in [0.25, 0.3) is 0 Å². The quantitative estimate of drug-likeness (QED) is 0.913. The zero-order chi connectivity index (χ0) is 14.2. The number of benzene rings is 1. The van der Waals surface area contributed by atoms with Gasteiger partial charge in [0.25, 0.3) is 0 Å². The lowest BCUT2D eigenvalue weighted by Crippen LogP contribution is -2.33. The summed E-state index contributed by atoms with van der Waals surface area (Å²) in [5.41, 5.74) is 1.52. The number of hydrogen-bond donors (Lipinski definition) is 1. The van der Waals surface area contributed by atoms with Crippen LogP contribution in [0.1, 0.15) is 29.8 Å². The normalized spacial score (nSPS) is 14.8. The van der Waals surface area contributed by atoms with Crippen LogP contribution in [0.5, 0.6) is 0 Å². The minimum Gasteiger partial charge on any atom is -0.478 e. The van der Waals surface area contributed by atoms with E-state index in [9.17, 15) is 13.2 Å². The van der Waals surface area contributed by atoms with Gasteiger partial charge in [0.2, 0.25) is 10.0 Å². The van der Waals surface area contributed by atoms with Crippen molar-refractivity contribution in [1.82, 2.24) is 0 Å². The molecule has 0 aromatic heterocycles. The molecule has 2 rings (SSSR count). The SMILES string of the molecule is CC(C)CS(=O)(=O)N1CCc2ccc(C(=O)O)cc21. The average molecular weight is 283 g/mol. The Morgan fingerprint density at radius 3 is 2.68 bits per heavy atom. The highest BCUT2D eigenvalue weighted by Gasteiger charge is 2.30. The van der Waals surface area contributed by atoms with Gasteiger partial charge in [-0.3, -0.25) is 4.31 Å². The Kier molecular flexibility index (Phi) is 3.54. The number of carboxylic acids is 1. The summed E-state index contributed by atoms with van der Waals surface area (Å²) in [6.07, 6.45) is 0.632. The van der Waals surface area contributed by atoms with Crippen LogP contribution >= 0.6 is 0 Å². The summed E-state index contributed by atoms with van der Waals surface area (Å²) in [7, 11) is -3.37. The molecule has 104 valence electrons. The Balaban J connectivity index is 2.40. The molecule has 5 nitrogen and oxygen atoms in total. The second-order valence-electron chi connectivity index (χ2n) is 5.14. The maximum atomic E-state index is 12.3. The molecule has 0 spiro atoms. The van der Waals surface area contributed by atoms with Crippen molar-refractivity contribution in [2.75, 3.05) is 16.6 Å². The van der Waals surface area contributed by atoms with Crippen molar-refractivity contribution in [3.8, 4) is 0 Å². The molecule has 1 N–H and O–H groups in total. The van der Waals surface area contributed by atoms with Crippen molar-refractivity contribution in [1.29, 1.82) is 0 Å². The molecule has 0 fully saturated rings. The standard InChI is InChI=1S/C13H17NO4S/c1-9(2)8-19(17,18)14-6-5-10-3-4-11(13(15)16)7-12(10)14/h3-4,7,9H,5-6,8H2,1-2H3,(H,15,16). The van der Waals surface area contributed by atoms with Gasteiger partial charge in [0, 0.05) is 6.54 Å². The Bertz CT molecular complexity index is 607. The Morgan fingerprint density at radius 1 is 1.42 bits per heavy atom. The molecule has 0 saturated carbocycles. The van der Waals surface area contributed by atoms with Crippen LogP contribution in [-0.2, 0) is 16.4 Å². The van der Waals surface area contributed by atoms with E-state index in [1.807, 2.05) is 13.8 Å². The second-order valence-corrected chi connectivity index (χ2v) is 7.08. The first kappa shape index (κ1) is 13.9. The molecule has 0 atom stereocenters. The van der Waals surface area contributed by atoms with E-state index in [1.165, 1.54) is 16.4 Å². The van der Waals surface area contributed by atoms with Crippen LogP contribution in [-0.4, -0.2) is 31.8 Å². The molecule has 1 aliphatic heterocycles. The smallest absolute Gasteiger partial charge is 0.335 e. The van der Waals surface area contributed by atoms with Gasteiger partial charge in [-0.2, -0.15) is 0 Å². The van der Waals surface area contributed by atoms with Gasteiger partial charge in [-0.05, 0) is 30.0 Å². The average Bonchev–Trinajstić information content (AvgIpc) is 2.69. The number of fused-ring (bicyclic) bond motifs is 1. The summed E-state index contributed by atoms with van der Waals surface area (Å²) in [6.45, 7) is 4.10. The number of carbonyl (C=O) groups is 1. The fraction of sp³-hybridized carbons (Fsp3) is 0.462. The highest BCUT2D eigenvalue weighted by atomic mass is 32.2. The molecular weight excluding hydrogens is 266 g/mol. The van der Waals surface area contributed by atoms with Crippen molar-refractivity contribution in [3.05, 3.63) is 29.3 Å². The van der Waals surface area contributed by atoms with E-state index in [4.69, 9.17) is 5.11 Å². The van der Waals surface area contributed by atoms with Crippen molar-refractivity contribution in [2.24, 2.45) is 5.92 Å². The lowest BCUT2D eigenvalue weighted by molar-refractivity contribution is 0.0697. The Labute approximate surface area is 112 Å². The highest BCUT2D eigenvalue weighted by molar-refractivity contribution is 7.92. The molecule has 0 aliphatic carbocycles. The van der Waals surface area contributed by atoms with Crippen LogP contribution in [0.2, 0.25) is 0 Å². The third-order valence-electron chi connectivity index (χ3n) is 3.06.